The van der Waals surface area contributed by atoms with Gasteiger partial charge in [-0.3, -0.25) is 9.97 Å². The molecule has 0 atom stereocenters. The topological polar surface area (TPSA) is 73.6 Å². The number of hydrogen-bond donors (Lipinski definition) is 0. The molecule has 1 aliphatic heterocycles. The first-order chi connectivity index (χ1) is 36.2. The zero-order valence-electron chi connectivity index (χ0n) is 39.0. The van der Waals surface area contributed by atoms with Gasteiger partial charge in [-0.15, -0.1) is 0 Å². The third kappa shape index (κ3) is 5.36. The molecule has 2 aliphatic rings. The van der Waals surface area contributed by atoms with Crippen LogP contribution in [0.3, 0.4) is 0 Å². The average molecular weight is 931 g/mol. The van der Waals surface area contributed by atoms with E-state index in [2.05, 4.69) is 214 Å². The first-order valence-electron chi connectivity index (χ1n) is 24.6. The minimum absolute atomic E-state index is 0.626. The van der Waals surface area contributed by atoms with Gasteiger partial charge < -0.3 is 18.4 Å². The van der Waals surface area contributed by atoms with Crippen LogP contribution in [-0.2, 0) is 5.41 Å². The molecule has 1 spiro atoms. The molecule has 0 unspecified atom stereocenters. The molecular formula is C66H38N6O. The lowest BCUT2D eigenvalue weighted by Gasteiger charge is -2.39. The van der Waals surface area contributed by atoms with Gasteiger partial charge in [0.25, 0.3) is 0 Å². The first-order valence-corrected chi connectivity index (χ1v) is 24.6. The summed E-state index contributed by atoms with van der Waals surface area (Å²) in [6.45, 7) is 0. The van der Waals surface area contributed by atoms with Gasteiger partial charge in [0, 0.05) is 77.7 Å². The number of benzene rings is 9. The zero-order chi connectivity index (χ0) is 47.9. The maximum atomic E-state index is 9.91. The number of nitriles is 1. The second-order valence-electron chi connectivity index (χ2n) is 19.2. The number of rotatable bonds is 4. The van der Waals surface area contributed by atoms with Crippen molar-refractivity contribution in [2.45, 2.75) is 5.41 Å². The lowest BCUT2D eigenvalue weighted by Crippen LogP contribution is -2.32. The minimum Gasteiger partial charge on any atom is -0.457 e. The van der Waals surface area contributed by atoms with Gasteiger partial charge in [0.15, 0.2) is 0 Å². The van der Waals surface area contributed by atoms with Crippen molar-refractivity contribution in [3.8, 4) is 57.1 Å². The first kappa shape index (κ1) is 39.8. The van der Waals surface area contributed by atoms with Crippen LogP contribution in [0.5, 0.6) is 11.5 Å². The predicted molar refractivity (Wildman–Crippen MR) is 293 cm³/mol. The van der Waals surface area contributed by atoms with Crippen LogP contribution in [0, 0.1) is 11.3 Å². The van der Waals surface area contributed by atoms with Gasteiger partial charge in [-0.25, -0.2) is 0 Å². The van der Waals surface area contributed by atoms with E-state index in [0.29, 0.717) is 5.56 Å². The van der Waals surface area contributed by atoms with Gasteiger partial charge in [0.1, 0.15) is 11.5 Å². The average Bonchev–Trinajstić information content (AvgIpc) is 4.17. The summed E-state index contributed by atoms with van der Waals surface area (Å²) < 4.78 is 13.8. The second kappa shape index (κ2) is 14.8. The van der Waals surface area contributed by atoms with Gasteiger partial charge in [-0.2, -0.15) is 5.26 Å². The highest BCUT2D eigenvalue weighted by molar-refractivity contribution is 6.12. The molecule has 6 heterocycles. The van der Waals surface area contributed by atoms with E-state index >= 15 is 0 Å². The SMILES string of the molecule is N#Cc1ccc2c(c1)c1ccccc1n2-c1cnc2c(c1)C1(c3ccccc3Oc3ccccc31)c1cc(-c3ccc4c(c3)c3ccccc3n4-c3ccc(-n4c5ccccc5c5ccccc54)cc3)cnc1-2. The number of pyridine rings is 2. The van der Waals surface area contributed by atoms with Crippen molar-refractivity contribution in [2.24, 2.45) is 0 Å². The molecule has 0 radical (unpaired) electrons. The van der Waals surface area contributed by atoms with Gasteiger partial charge in [-0.05, 0) is 109 Å². The summed E-state index contributed by atoms with van der Waals surface area (Å²) in [4.78, 5) is 10.8. The third-order valence-electron chi connectivity index (χ3n) is 15.6. The van der Waals surface area contributed by atoms with E-state index in [-0.39, 0.29) is 0 Å². The van der Waals surface area contributed by atoms with E-state index in [1.165, 1.54) is 32.6 Å². The van der Waals surface area contributed by atoms with Crippen molar-refractivity contribution in [1.29, 1.82) is 5.26 Å². The molecule has 0 saturated heterocycles. The summed E-state index contributed by atoms with van der Waals surface area (Å²) in [7, 11) is 0. The molecule has 14 aromatic rings. The largest absolute Gasteiger partial charge is 0.457 e. The van der Waals surface area contributed by atoms with Crippen molar-refractivity contribution in [3.05, 3.63) is 259 Å². The van der Waals surface area contributed by atoms with Crippen LogP contribution in [0.4, 0.5) is 0 Å². The van der Waals surface area contributed by atoms with Crippen molar-refractivity contribution < 1.29 is 4.74 Å². The molecule has 7 nitrogen and oxygen atoms in total. The van der Waals surface area contributed by atoms with Crippen LogP contribution >= 0.6 is 0 Å². The Hall–Kier alpha value is -10.0. The second-order valence-corrected chi connectivity index (χ2v) is 19.2. The number of para-hydroxylation sites is 6. The van der Waals surface area contributed by atoms with Crippen molar-refractivity contribution in [3.63, 3.8) is 0 Å². The Bertz CT molecular complexity index is 4640. The van der Waals surface area contributed by atoms with Crippen LogP contribution in [0.25, 0.3) is 105 Å². The van der Waals surface area contributed by atoms with Crippen molar-refractivity contribution in [2.75, 3.05) is 0 Å². The molecule has 16 rings (SSSR count). The molecule has 0 fully saturated rings. The molecule has 9 aromatic carbocycles. The van der Waals surface area contributed by atoms with E-state index in [4.69, 9.17) is 14.7 Å². The van der Waals surface area contributed by atoms with Crippen molar-refractivity contribution in [1.82, 2.24) is 23.7 Å². The van der Waals surface area contributed by atoms with Crippen molar-refractivity contribution >= 4 is 65.4 Å². The van der Waals surface area contributed by atoms with Crippen LogP contribution < -0.4 is 4.74 Å². The molecule has 338 valence electrons. The normalized spacial score (nSPS) is 13.1. The molecule has 0 bridgehead atoms. The highest BCUT2D eigenvalue weighted by Gasteiger charge is 2.53. The molecular weight excluding hydrogens is 893 g/mol. The molecule has 7 heteroatoms. The maximum absolute atomic E-state index is 9.91. The minimum atomic E-state index is -0.819. The maximum Gasteiger partial charge on any atom is 0.132 e. The molecule has 0 N–H and O–H groups in total. The molecule has 0 saturated carbocycles. The number of nitrogens with zero attached hydrogens (tertiary/aromatic N) is 6. The van der Waals surface area contributed by atoms with E-state index in [0.717, 1.165) is 106 Å². The fraction of sp³-hybridized carbons (Fsp3) is 0.0152. The Morgan fingerprint density at radius 1 is 0.356 bits per heavy atom. The fourth-order valence-corrected chi connectivity index (χ4v) is 12.6. The van der Waals surface area contributed by atoms with Crippen LogP contribution in [0.2, 0.25) is 0 Å². The van der Waals surface area contributed by atoms with Gasteiger partial charge in [0.2, 0.25) is 0 Å². The molecule has 1 aliphatic carbocycles. The summed E-state index contributed by atoms with van der Waals surface area (Å²) in [6.07, 6.45) is 3.99. The summed E-state index contributed by atoms with van der Waals surface area (Å²) in [6, 6.07) is 80.0. The summed E-state index contributed by atoms with van der Waals surface area (Å²) >= 11 is 0. The summed E-state index contributed by atoms with van der Waals surface area (Å²) in [5.41, 5.74) is 17.6. The van der Waals surface area contributed by atoms with Crippen LogP contribution in [0.15, 0.2) is 231 Å². The number of ether oxygens (including phenoxy) is 1. The number of hydrogen-bond acceptors (Lipinski definition) is 4. The Balaban J connectivity index is 0.874. The Morgan fingerprint density at radius 3 is 1.36 bits per heavy atom. The van der Waals surface area contributed by atoms with Crippen LogP contribution in [0.1, 0.15) is 27.8 Å². The molecule has 73 heavy (non-hydrogen) atoms. The quantitative estimate of drug-likeness (QED) is 0.176. The Kier molecular flexibility index (Phi) is 8.04. The standard InChI is InChI=1S/C66H38N6O/c67-37-40-25-31-60-50(33-40)48-15-3-10-22-59(48)72(60)45-36-55-65(69-39-45)64-54(66(55)52-17-5-11-23-62(52)73-63-24-12-6-18-53(63)66)35-42(38-68-64)41-26-32-61-51(34-41)49-16-4-9-21-58(49)71(61)44-29-27-43(28-30-44)70-56-19-7-1-13-46(56)47-14-2-8-20-57(47)70/h1-36,38-39H. The van der Waals surface area contributed by atoms with Gasteiger partial charge in [0.05, 0.1) is 73.4 Å². The monoisotopic (exact) mass is 930 g/mol. The smallest absolute Gasteiger partial charge is 0.132 e. The lowest BCUT2D eigenvalue weighted by atomic mass is 9.66. The molecule has 0 amide bonds. The van der Waals surface area contributed by atoms with Gasteiger partial charge >= 0.3 is 0 Å². The fourth-order valence-electron chi connectivity index (χ4n) is 12.6. The van der Waals surface area contributed by atoms with Gasteiger partial charge in [-0.1, -0.05) is 115 Å². The highest BCUT2D eigenvalue weighted by atomic mass is 16.5. The van der Waals surface area contributed by atoms with Crippen LogP contribution in [-0.4, -0.2) is 23.7 Å². The van der Waals surface area contributed by atoms with E-state index < -0.39 is 5.41 Å². The highest BCUT2D eigenvalue weighted by Crippen LogP contribution is 2.62. The molecule has 5 aromatic heterocycles. The summed E-state index contributed by atoms with van der Waals surface area (Å²) in [5.74, 6) is 1.60. The number of aromatic nitrogens is 5. The summed E-state index contributed by atoms with van der Waals surface area (Å²) in [5, 5.41) is 16.9. The Labute approximate surface area is 418 Å². The number of fused-ring (bicyclic) bond motifs is 18. The third-order valence-corrected chi connectivity index (χ3v) is 15.6. The lowest BCUT2D eigenvalue weighted by molar-refractivity contribution is 0.436. The Morgan fingerprint density at radius 2 is 0.795 bits per heavy atom. The van der Waals surface area contributed by atoms with E-state index in [1.54, 1.807) is 0 Å². The zero-order valence-corrected chi connectivity index (χ0v) is 39.0. The van der Waals surface area contributed by atoms with E-state index in [9.17, 15) is 5.26 Å². The van der Waals surface area contributed by atoms with E-state index in [1.807, 2.05) is 36.7 Å². The predicted octanol–water partition coefficient (Wildman–Crippen LogP) is 15.8.